The van der Waals surface area contributed by atoms with E-state index in [0.717, 1.165) is 12.2 Å². The van der Waals surface area contributed by atoms with Crippen molar-refractivity contribution in [3.05, 3.63) is 11.4 Å². The third-order valence-corrected chi connectivity index (χ3v) is 5.51. The summed E-state index contributed by atoms with van der Waals surface area (Å²) >= 11 is 1.71. The lowest BCUT2D eigenvalue weighted by Gasteiger charge is -2.15. The largest absolute Gasteiger partial charge is 0.380 e. The van der Waals surface area contributed by atoms with Crippen molar-refractivity contribution < 1.29 is 13.2 Å². The van der Waals surface area contributed by atoms with Gasteiger partial charge in [0.15, 0.2) is 0 Å². The van der Waals surface area contributed by atoms with Crippen LogP contribution in [0.3, 0.4) is 0 Å². The van der Waals surface area contributed by atoms with Crippen molar-refractivity contribution in [2.75, 3.05) is 25.7 Å². The van der Waals surface area contributed by atoms with Crippen molar-refractivity contribution in [1.82, 2.24) is 14.5 Å². The number of sulfonamides is 1. The van der Waals surface area contributed by atoms with Crippen LogP contribution in [0.2, 0.25) is 0 Å². The topological polar surface area (TPSA) is 73.2 Å². The first-order chi connectivity index (χ1) is 9.33. The molecule has 20 heavy (non-hydrogen) atoms. The maximum absolute atomic E-state index is 12.4. The average Bonchev–Trinajstić information content (AvgIpc) is 2.64. The molecule has 0 fully saturated rings. The van der Waals surface area contributed by atoms with E-state index in [1.165, 1.54) is 0 Å². The number of thioether (sulfide) groups is 1. The van der Waals surface area contributed by atoms with Crippen LogP contribution >= 0.6 is 11.8 Å². The summed E-state index contributed by atoms with van der Waals surface area (Å²) in [7, 11) is -0.220. The second-order valence-electron chi connectivity index (χ2n) is 4.61. The molecule has 8 heteroatoms. The van der Waals surface area contributed by atoms with Crippen LogP contribution in [0.1, 0.15) is 17.8 Å². The van der Waals surface area contributed by atoms with Gasteiger partial charge in [-0.1, -0.05) is 0 Å². The minimum atomic E-state index is -3.55. The molecule has 0 bridgehead atoms. The number of hydrogen-bond acceptors (Lipinski definition) is 5. The number of ether oxygens (including phenoxy) is 1. The molecule has 0 aliphatic rings. The highest BCUT2D eigenvalue weighted by molar-refractivity contribution is 7.98. The van der Waals surface area contributed by atoms with E-state index in [-0.39, 0.29) is 17.5 Å². The van der Waals surface area contributed by atoms with E-state index in [4.69, 9.17) is 4.74 Å². The maximum Gasteiger partial charge on any atom is 0.244 e. The lowest BCUT2D eigenvalue weighted by Crippen LogP contribution is -2.34. The smallest absolute Gasteiger partial charge is 0.244 e. The molecule has 0 aliphatic carbocycles. The van der Waals surface area contributed by atoms with Crippen LogP contribution in [-0.2, 0) is 21.8 Å². The Bertz CT molecular complexity index is 540. The standard InChI is InChI=1S/C12H23N3O3S2/c1-9-12(10(2)15(3)14-9)20(16,17)13-8-11(18-4)6-7-19-5/h11,13H,6-8H2,1-5H3. The highest BCUT2D eigenvalue weighted by atomic mass is 32.2. The number of nitrogens with one attached hydrogen (secondary N) is 1. The van der Waals surface area contributed by atoms with Gasteiger partial charge in [0.05, 0.1) is 17.5 Å². The van der Waals surface area contributed by atoms with Crippen molar-refractivity contribution in [3.8, 4) is 0 Å². The number of nitrogens with zero attached hydrogens (tertiary/aromatic N) is 2. The van der Waals surface area contributed by atoms with E-state index < -0.39 is 10.0 Å². The van der Waals surface area contributed by atoms with Crippen LogP contribution in [0.4, 0.5) is 0 Å². The van der Waals surface area contributed by atoms with Crippen molar-refractivity contribution in [3.63, 3.8) is 0 Å². The van der Waals surface area contributed by atoms with Gasteiger partial charge in [-0.2, -0.15) is 16.9 Å². The molecular weight excluding hydrogens is 298 g/mol. The summed E-state index contributed by atoms with van der Waals surface area (Å²) in [5.41, 5.74) is 1.14. The summed E-state index contributed by atoms with van der Waals surface area (Å²) in [6, 6.07) is 0. The van der Waals surface area contributed by atoms with E-state index in [9.17, 15) is 8.42 Å². The van der Waals surface area contributed by atoms with Gasteiger partial charge in [-0.15, -0.1) is 0 Å². The molecule has 6 nitrogen and oxygen atoms in total. The number of aromatic nitrogens is 2. The summed E-state index contributed by atoms with van der Waals surface area (Å²) in [5, 5.41) is 4.14. The summed E-state index contributed by atoms with van der Waals surface area (Å²) in [6.45, 7) is 3.71. The van der Waals surface area contributed by atoms with E-state index in [2.05, 4.69) is 9.82 Å². The number of hydrogen-bond donors (Lipinski definition) is 1. The Labute approximate surface area is 125 Å². The van der Waals surface area contributed by atoms with Gasteiger partial charge >= 0.3 is 0 Å². The highest BCUT2D eigenvalue weighted by Crippen LogP contribution is 2.18. The lowest BCUT2D eigenvalue weighted by atomic mass is 10.3. The van der Waals surface area contributed by atoms with Crippen LogP contribution in [0.25, 0.3) is 0 Å². The molecule has 0 aromatic carbocycles. The van der Waals surface area contributed by atoms with Crippen molar-refractivity contribution >= 4 is 21.8 Å². The van der Waals surface area contributed by atoms with E-state index in [0.29, 0.717) is 11.4 Å². The van der Waals surface area contributed by atoms with E-state index >= 15 is 0 Å². The van der Waals surface area contributed by atoms with E-state index in [1.54, 1.807) is 44.4 Å². The molecule has 1 aromatic heterocycles. The zero-order valence-corrected chi connectivity index (χ0v) is 14.3. The first-order valence-electron chi connectivity index (χ1n) is 6.35. The zero-order chi connectivity index (χ0) is 15.3. The maximum atomic E-state index is 12.4. The first kappa shape index (κ1) is 17.5. The molecule has 1 atom stereocenters. The fourth-order valence-electron chi connectivity index (χ4n) is 1.97. The number of methoxy groups -OCH3 is 1. The van der Waals surface area contributed by atoms with Gasteiger partial charge in [0.25, 0.3) is 0 Å². The van der Waals surface area contributed by atoms with Crippen LogP contribution in [-0.4, -0.2) is 50.0 Å². The van der Waals surface area contributed by atoms with Gasteiger partial charge in [-0.3, -0.25) is 4.68 Å². The van der Waals surface area contributed by atoms with Crippen LogP contribution in [0.5, 0.6) is 0 Å². The number of rotatable bonds is 8. The molecule has 0 saturated carbocycles. The molecule has 1 N–H and O–H groups in total. The fourth-order valence-corrected chi connectivity index (χ4v) is 3.97. The van der Waals surface area contributed by atoms with Crippen molar-refractivity contribution in [1.29, 1.82) is 0 Å². The Morgan fingerprint density at radius 1 is 1.45 bits per heavy atom. The predicted octanol–water partition coefficient (Wildman–Crippen LogP) is 1.08. The molecule has 0 radical (unpaired) electrons. The van der Waals surface area contributed by atoms with Crippen molar-refractivity contribution in [2.24, 2.45) is 7.05 Å². The molecule has 0 aliphatic heterocycles. The molecule has 1 unspecified atom stereocenters. The normalized spacial score (nSPS) is 13.7. The Balaban J connectivity index is 2.80. The SMILES string of the molecule is COC(CCSC)CNS(=O)(=O)c1c(C)nn(C)c1C. The summed E-state index contributed by atoms with van der Waals surface area (Å²) in [5.74, 6) is 0.936. The highest BCUT2D eigenvalue weighted by Gasteiger charge is 2.24. The lowest BCUT2D eigenvalue weighted by molar-refractivity contribution is 0.104. The minimum Gasteiger partial charge on any atom is -0.380 e. The molecule has 0 amide bonds. The van der Waals surface area contributed by atoms with Crippen molar-refractivity contribution in [2.45, 2.75) is 31.3 Å². The molecule has 1 heterocycles. The molecule has 116 valence electrons. The molecule has 1 aromatic rings. The van der Waals surface area contributed by atoms with Gasteiger partial charge in [0.2, 0.25) is 10.0 Å². The quantitative estimate of drug-likeness (QED) is 0.776. The Kier molecular flexibility index (Phi) is 6.50. The predicted molar refractivity (Wildman–Crippen MR) is 81.7 cm³/mol. The third kappa shape index (κ3) is 4.21. The van der Waals surface area contributed by atoms with Gasteiger partial charge < -0.3 is 4.74 Å². The van der Waals surface area contributed by atoms with Gasteiger partial charge in [-0.25, -0.2) is 13.1 Å². The van der Waals surface area contributed by atoms with Gasteiger partial charge in [0, 0.05) is 20.7 Å². The number of aryl methyl sites for hydroxylation is 2. The van der Waals surface area contributed by atoms with Crippen LogP contribution in [0.15, 0.2) is 4.90 Å². The fraction of sp³-hybridized carbons (Fsp3) is 0.750. The average molecular weight is 321 g/mol. The van der Waals surface area contributed by atoms with Crippen LogP contribution < -0.4 is 4.72 Å². The van der Waals surface area contributed by atoms with Gasteiger partial charge in [-0.05, 0) is 32.3 Å². The second-order valence-corrected chi connectivity index (χ2v) is 7.30. The Morgan fingerprint density at radius 2 is 2.10 bits per heavy atom. The molecule has 0 saturated heterocycles. The van der Waals surface area contributed by atoms with Crippen LogP contribution in [0, 0.1) is 13.8 Å². The zero-order valence-electron chi connectivity index (χ0n) is 12.6. The molecular formula is C12H23N3O3S2. The summed E-state index contributed by atoms with van der Waals surface area (Å²) in [4.78, 5) is 0.264. The summed E-state index contributed by atoms with van der Waals surface area (Å²) < 4.78 is 34.2. The van der Waals surface area contributed by atoms with E-state index in [1.807, 2.05) is 6.26 Å². The minimum absolute atomic E-state index is 0.116. The Hall–Kier alpha value is -0.570. The monoisotopic (exact) mass is 321 g/mol. The van der Waals surface area contributed by atoms with Gasteiger partial charge in [0.1, 0.15) is 4.90 Å². The summed E-state index contributed by atoms with van der Waals surface area (Å²) in [6.07, 6.45) is 2.71. The molecule has 0 spiro atoms. The first-order valence-corrected chi connectivity index (χ1v) is 9.22. The third-order valence-electron chi connectivity index (χ3n) is 3.19. The molecule has 1 rings (SSSR count). The second kappa shape index (κ2) is 7.44. The Morgan fingerprint density at radius 3 is 2.55 bits per heavy atom.